The maximum atomic E-state index is 13.0. The predicted octanol–water partition coefficient (Wildman–Crippen LogP) is 2.38. The van der Waals surface area contributed by atoms with Gasteiger partial charge in [-0.15, -0.1) is 0 Å². The number of nitrogens with one attached hydrogen (secondary N) is 1. The largest absolute Gasteiger partial charge is 0.507 e. The number of phenols is 1. The van der Waals surface area contributed by atoms with Gasteiger partial charge in [0.05, 0.1) is 0 Å². The van der Waals surface area contributed by atoms with Gasteiger partial charge >= 0.3 is 11.7 Å². The van der Waals surface area contributed by atoms with Gasteiger partial charge in [-0.25, -0.2) is 9.59 Å². The van der Waals surface area contributed by atoms with E-state index in [2.05, 4.69) is 4.98 Å². The monoisotopic (exact) mass is 468 g/mol. The Morgan fingerprint density at radius 1 is 1.12 bits per heavy atom. The minimum atomic E-state index is -0.884. The number of phenolic OH excluding ortho intramolecular Hbond substituents is 1. The highest BCUT2D eigenvalue weighted by atomic mass is 16.5. The number of carbonyl (C=O) groups is 2. The number of hydrogen-bond donors (Lipinski definition) is 3. The zero-order chi connectivity index (χ0) is 24.8. The third-order valence-corrected chi connectivity index (χ3v) is 5.38. The SMILES string of the molecule is CCCCN(C(=O)COC(=O)c1cc2ccccc2cc1O)c1c(N)n(CCC)c(=O)[nH]c1=O. The van der Waals surface area contributed by atoms with E-state index in [4.69, 9.17) is 10.5 Å². The molecule has 1 amide bonds. The topological polar surface area (TPSA) is 148 Å². The summed E-state index contributed by atoms with van der Waals surface area (Å²) in [6, 6.07) is 10.1. The van der Waals surface area contributed by atoms with Gasteiger partial charge in [-0.05, 0) is 35.7 Å². The summed E-state index contributed by atoms with van der Waals surface area (Å²) in [6.07, 6.45) is 1.86. The van der Waals surface area contributed by atoms with Crippen LogP contribution in [0.25, 0.3) is 10.8 Å². The van der Waals surface area contributed by atoms with Gasteiger partial charge in [0.25, 0.3) is 11.5 Å². The number of aromatic amines is 1. The van der Waals surface area contributed by atoms with Gasteiger partial charge in [0, 0.05) is 13.1 Å². The van der Waals surface area contributed by atoms with Crippen LogP contribution in [0.3, 0.4) is 0 Å². The molecule has 0 aliphatic rings. The Hall–Kier alpha value is -4.08. The van der Waals surface area contributed by atoms with Crippen molar-refractivity contribution in [1.82, 2.24) is 9.55 Å². The van der Waals surface area contributed by atoms with E-state index in [1.54, 1.807) is 24.3 Å². The van der Waals surface area contributed by atoms with Crippen LogP contribution in [0.5, 0.6) is 5.75 Å². The van der Waals surface area contributed by atoms with Crippen molar-refractivity contribution >= 4 is 34.2 Å². The van der Waals surface area contributed by atoms with Crippen molar-refractivity contribution in [2.24, 2.45) is 0 Å². The van der Waals surface area contributed by atoms with E-state index in [0.29, 0.717) is 12.8 Å². The number of nitrogen functional groups attached to an aromatic ring is 1. The second-order valence-corrected chi connectivity index (χ2v) is 7.84. The standard InChI is InChI=1S/C24H28N4O6/c1-3-5-11-27(20-21(25)28(10-4-2)24(33)26-22(20)31)19(30)14-34-23(32)17-12-15-8-6-7-9-16(15)13-18(17)29/h6-9,12-13,29H,3-5,10-11,14,25H2,1-2H3,(H,26,31,33). The van der Waals surface area contributed by atoms with Crippen molar-refractivity contribution < 1.29 is 19.4 Å². The first-order chi connectivity index (χ1) is 16.3. The zero-order valence-electron chi connectivity index (χ0n) is 19.2. The molecule has 1 heterocycles. The molecule has 0 aliphatic carbocycles. The molecule has 34 heavy (non-hydrogen) atoms. The highest BCUT2D eigenvalue weighted by molar-refractivity contribution is 6.01. The van der Waals surface area contributed by atoms with Crippen molar-refractivity contribution in [2.75, 3.05) is 23.8 Å². The number of benzene rings is 2. The number of unbranched alkanes of at least 4 members (excludes halogenated alkanes) is 1. The number of H-pyrrole nitrogens is 1. The molecular weight excluding hydrogens is 440 g/mol. The number of anilines is 2. The lowest BCUT2D eigenvalue weighted by Crippen LogP contribution is -2.43. The highest BCUT2D eigenvalue weighted by Crippen LogP contribution is 2.26. The predicted molar refractivity (Wildman–Crippen MR) is 129 cm³/mol. The summed E-state index contributed by atoms with van der Waals surface area (Å²) in [6.45, 7) is 3.49. The molecule has 0 fully saturated rings. The Morgan fingerprint density at radius 2 is 1.79 bits per heavy atom. The average Bonchev–Trinajstić information content (AvgIpc) is 2.81. The molecule has 0 saturated carbocycles. The van der Waals surface area contributed by atoms with E-state index in [9.17, 15) is 24.3 Å². The Kier molecular flexibility index (Phi) is 7.72. The lowest BCUT2D eigenvalue weighted by molar-refractivity contribution is -0.121. The highest BCUT2D eigenvalue weighted by Gasteiger charge is 2.25. The van der Waals surface area contributed by atoms with E-state index < -0.39 is 29.7 Å². The van der Waals surface area contributed by atoms with Gasteiger partial charge in [0.15, 0.2) is 12.3 Å². The van der Waals surface area contributed by atoms with Crippen LogP contribution in [0.2, 0.25) is 0 Å². The second-order valence-electron chi connectivity index (χ2n) is 7.84. The molecule has 10 nitrogen and oxygen atoms in total. The lowest BCUT2D eigenvalue weighted by atomic mass is 10.1. The van der Waals surface area contributed by atoms with E-state index in [0.717, 1.165) is 22.1 Å². The molecule has 0 saturated heterocycles. The number of hydrogen-bond acceptors (Lipinski definition) is 7. The summed E-state index contributed by atoms with van der Waals surface area (Å²) < 4.78 is 6.37. The van der Waals surface area contributed by atoms with Gasteiger partial charge in [0.1, 0.15) is 17.1 Å². The van der Waals surface area contributed by atoms with Gasteiger partial charge in [-0.2, -0.15) is 0 Å². The number of aromatic hydroxyl groups is 1. The Labute approximate surface area is 195 Å². The maximum Gasteiger partial charge on any atom is 0.342 e. The molecule has 0 bridgehead atoms. The van der Waals surface area contributed by atoms with Crippen molar-refractivity contribution in [3.8, 4) is 5.75 Å². The fourth-order valence-electron chi connectivity index (χ4n) is 3.64. The fourth-order valence-corrected chi connectivity index (χ4v) is 3.64. The van der Waals surface area contributed by atoms with Crippen molar-refractivity contribution in [2.45, 2.75) is 39.7 Å². The van der Waals surface area contributed by atoms with Crippen LogP contribution in [-0.4, -0.2) is 39.7 Å². The first-order valence-electron chi connectivity index (χ1n) is 11.1. The number of fused-ring (bicyclic) bond motifs is 1. The summed E-state index contributed by atoms with van der Waals surface area (Å²) in [5.41, 5.74) is 4.42. The first kappa shape index (κ1) is 24.6. The molecule has 0 aliphatic heterocycles. The van der Waals surface area contributed by atoms with E-state index in [1.165, 1.54) is 16.7 Å². The van der Waals surface area contributed by atoms with E-state index in [-0.39, 0.29) is 35.9 Å². The molecule has 0 unspecified atom stereocenters. The summed E-state index contributed by atoms with van der Waals surface area (Å²) in [7, 11) is 0. The van der Waals surface area contributed by atoms with Gasteiger partial charge < -0.3 is 20.5 Å². The number of ether oxygens (including phenoxy) is 1. The third-order valence-electron chi connectivity index (χ3n) is 5.38. The smallest absolute Gasteiger partial charge is 0.342 e. The molecule has 2 aromatic carbocycles. The normalized spacial score (nSPS) is 10.9. The Morgan fingerprint density at radius 3 is 2.44 bits per heavy atom. The fraction of sp³-hybridized carbons (Fsp3) is 0.333. The molecule has 1 aromatic heterocycles. The second kappa shape index (κ2) is 10.7. The number of amides is 1. The molecule has 10 heteroatoms. The van der Waals surface area contributed by atoms with Gasteiger partial charge in [-0.1, -0.05) is 44.5 Å². The number of rotatable bonds is 9. The van der Waals surface area contributed by atoms with E-state index >= 15 is 0 Å². The van der Waals surface area contributed by atoms with Crippen molar-refractivity contribution in [3.05, 3.63) is 62.8 Å². The van der Waals surface area contributed by atoms with Crippen molar-refractivity contribution in [1.29, 1.82) is 0 Å². The number of nitrogens with zero attached hydrogens (tertiary/aromatic N) is 2. The summed E-state index contributed by atoms with van der Waals surface area (Å²) >= 11 is 0. The molecular formula is C24H28N4O6. The summed E-state index contributed by atoms with van der Waals surface area (Å²) in [4.78, 5) is 53.7. The molecule has 3 rings (SSSR count). The number of nitrogens with two attached hydrogens (primary N) is 1. The molecule has 180 valence electrons. The number of esters is 1. The van der Waals surface area contributed by atoms with Crippen LogP contribution < -0.4 is 21.9 Å². The number of aromatic nitrogens is 2. The van der Waals surface area contributed by atoms with Gasteiger partial charge in [0.2, 0.25) is 0 Å². The van der Waals surface area contributed by atoms with Crippen LogP contribution >= 0.6 is 0 Å². The van der Waals surface area contributed by atoms with Crippen LogP contribution in [0, 0.1) is 0 Å². The average molecular weight is 469 g/mol. The van der Waals surface area contributed by atoms with Gasteiger partial charge in [-0.3, -0.25) is 19.1 Å². The molecule has 4 N–H and O–H groups in total. The lowest BCUT2D eigenvalue weighted by Gasteiger charge is -2.24. The van der Waals surface area contributed by atoms with Crippen LogP contribution in [0.1, 0.15) is 43.5 Å². The number of carbonyl (C=O) groups excluding carboxylic acids is 2. The molecule has 0 atom stereocenters. The minimum absolute atomic E-state index is 0.0829. The molecule has 0 spiro atoms. The zero-order valence-corrected chi connectivity index (χ0v) is 19.2. The minimum Gasteiger partial charge on any atom is -0.507 e. The maximum absolute atomic E-state index is 13.0. The van der Waals surface area contributed by atoms with Crippen LogP contribution in [-0.2, 0) is 16.1 Å². The van der Waals surface area contributed by atoms with E-state index in [1.807, 2.05) is 13.8 Å². The quantitative estimate of drug-likeness (QED) is 0.408. The summed E-state index contributed by atoms with van der Waals surface area (Å²) in [5, 5.41) is 11.7. The molecule has 0 radical (unpaired) electrons. The Bertz CT molecular complexity index is 1330. The summed E-state index contributed by atoms with van der Waals surface area (Å²) in [5.74, 6) is -1.96. The van der Waals surface area contributed by atoms with Crippen LogP contribution in [0.4, 0.5) is 11.5 Å². The van der Waals surface area contributed by atoms with Crippen LogP contribution in [0.15, 0.2) is 46.0 Å². The first-order valence-corrected chi connectivity index (χ1v) is 11.1. The Balaban J connectivity index is 1.87. The molecule has 3 aromatic rings. The van der Waals surface area contributed by atoms with Crippen molar-refractivity contribution in [3.63, 3.8) is 0 Å². The third kappa shape index (κ3) is 5.11.